The molecule has 0 aliphatic carbocycles. The molecule has 49 heavy (non-hydrogen) atoms. The molecule has 4 heteroatoms. The highest BCUT2D eigenvalue weighted by atomic mass is 15.1. The molecule has 4 aromatic heterocycles. The molecule has 0 radical (unpaired) electrons. The van der Waals surface area contributed by atoms with Crippen molar-refractivity contribution in [3.63, 3.8) is 0 Å². The van der Waals surface area contributed by atoms with Gasteiger partial charge in [0.05, 0.1) is 38.6 Å². The van der Waals surface area contributed by atoms with E-state index in [1.165, 1.54) is 43.7 Å². The largest absolute Gasteiger partial charge is 0.308 e. The number of nitrogens with zero attached hydrogens (tertiary/aromatic N) is 4. The van der Waals surface area contributed by atoms with Gasteiger partial charge in [-0.3, -0.25) is 4.57 Å². The number of para-hydroxylation sites is 3. The van der Waals surface area contributed by atoms with E-state index in [1.807, 2.05) is 24.3 Å². The van der Waals surface area contributed by atoms with Gasteiger partial charge in [-0.25, -0.2) is 9.97 Å². The van der Waals surface area contributed by atoms with Gasteiger partial charge in [-0.15, -0.1) is 0 Å². The van der Waals surface area contributed by atoms with Gasteiger partial charge in [-0.1, -0.05) is 116 Å². The Morgan fingerprint density at radius 1 is 0.551 bits per heavy atom. The summed E-state index contributed by atoms with van der Waals surface area (Å²) in [6, 6.07) is 49.3. The van der Waals surface area contributed by atoms with Crippen LogP contribution in [0.3, 0.4) is 0 Å². The minimum Gasteiger partial charge on any atom is -0.308 e. The molecule has 0 amide bonds. The minimum atomic E-state index is 0.807. The van der Waals surface area contributed by atoms with E-state index in [9.17, 15) is 0 Å². The molecule has 0 aliphatic heterocycles. The summed E-state index contributed by atoms with van der Waals surface area (Å²) in [5.41, 5.74) is 12.9. The van der Waals surface area contributed by atoms with Crippen LogP contribution < -0.4 is 5.22 Å². The van der Waals surface area contributed by atoms with Gasteiger partial charge in [0.25, 0.3) is 0 Å². The van der Waals surface area contributed by atoms with Crippen molar-refractivity contribution >= 4 is 66.2 Å². The van der Waals surface area contributed by atoms with E-state index in [2.05, 4.69) is 150 Å². The molecule has 0 fully saturated rings. The normalized spacial score (nSPS) is 12.4. The second kappa shape index (κ2) is 10.5. The number of fused-ring (bicyclic) bond motifs is 5. The van der Waals surface area contributed by atoms with Gasteiger partial charge >= 0.3 is 0 Å². The Bertz CT molecular complexity index is 3020. The maximum Gasteiger partial charge on any atom is 0.165 e. The molecule has 10 rings (SSSR count). The fourth-order valence-electron chi connectivity index (χ4n) is 7.93. The lowest BCUT2D eigenvalue weighted by atomic mass is 10.0. The Kier molecular flexibility index (Phi) is 5.91. The standard InChI is InChI=1S/C45H30N4/c1-3-14-34-33-20-12-24-38-41(33)42-39(48-37-23-10-7-19-32(37)28(2)44(34)48)25-13-26-40(42)49(38)45-43(46-35-21-8-9-22-36(35)47-45)31-18-11-17-30(27-31)29-15-5-4-6-16-29/h3-27H,1H2,2H3/b34-14-. The fraction of sp³-hybridized carbons (Fsp3) is 0.0222. The van der Waals surface area contributed by atoms with Crippen molar-refractivity contribution in [2.75, 3.05) is 0 Å². The predicted octanol–water partition coefficient (Wildman–Crippen LogP) is 10.6. The summed E-state index contributed by atoms with van der Waals surface area (Å²) in [6.45, 7) is 6.39. The van der Waals surface area contributed by atoms with E-state index in [0.717, 1.165) is 55.4 Å². The summed E-state index contributed by atoms with van der Waals surface area (Å²) in [4.78, 5) is 10.8. The molecule has 230 valence electrons. The van der Waals surface area contributed by atoms with Crippen LogP contribution in [0.5, 0.6) is 0 Å². The zero-order chi connectivity index (χ0) is 32.6. The molecule has 0 saturated heterocycles. The zero-order valence-electron chi connectivity index (χ0n) is 26.9. The van der Waals surface area contributed by atoms with Crippen LogP contribution in [-0.2, 0) is 0 Å². The van der Waals surface area contributed by atoms with Gasteiger partial charge in [0, 0.05) is 26.9 Å². The molecular formula is C45H30N4. The number of rotatable bonds is 4. The van der Waals surface area contributed by atoms with E-state index in [1.54, 1.807) is 0 Å². The quantitative estimate of drug-likeness (QED) is 0.195. The summed E-state index contributed by atoms with van der Waals surface area (Å²) in [5.74, 6) is 0.807. The van der Waals surface area contributed by atoms with E-state index in [4.69, 9.17) is 9.97 Å². The number of hydrogen-bond donors (Lipinski definition) is 0. The van der Waals surface area contributed by atoms with Gasteiger partial charge in [-0.05, 0) is 71.5 Å². The smallest absolute Gasteiger partial charge is 0.165 e. The van der Waals surface area contributed by atoms with Crippen molar-refractivity contribution in [2.45, 2.75) is 6.92 Å². The maximum atomic E-state index is 5.42. The highest BCUT2D eigenvalue weighted by Gasteiger charge is 2.24. The molecule has 0 saturated carbocycles. The van der Waals surface area contributed by atoms with Crippen molar-refractivity contribution < 1.29 is 0 Å². The average Bonchev–Trinajstić information content (AvgIpc) is 3.61. The van der Waals surface area contributed by atoms with Crippen molar-refractivity contribution in [3.8, 4) is 28.2 Å². The first-order valence-electron chi connectivity index (χ1n) is 16.6. The van der Waals surface area contributed by atoms with Gasteiger partial charge in [0.15, 0.2) is 5.82 Å². The number of allylic oxidation sites excluding steroid dienone is 1. The molecule has 4 nitrogen and oxygen atoms in total. The fourth-order valence-corrected chi connectivity index (χ4v) is 7.93. The summed E-state index contributed by atoms with van der Waals surface area (Å²) in [7, 11) is 0. The molecule has 0 bridgehead atoms. The lowest BCUT2D eigenvalue weighted by Gasteiger charge is -2.15. The predicted molar refractivity (Wildman–Crippen MR) is 205 cm³/mol. The molecular weight excluding hydrogens is 597 g/mol. The summed E-state index contributed by atoms with van der Waals surface area (Å²) in [5, 5.41) is 5.99. The Balaban J connectivity index is 1.40. The topological polar surface area (TPSA) is 35.1 Å². The highest BCUT2D eigenvalue weighted by molar-refractivity contribution is 6.24. The van der Waals surface area contributed by atoms with Gasteiger partial charge in [0.2, 0.25) is 0 Å². The molecule has 0 atom stereocenters. The Hall–Kier alpha value is -6.52. The first-order valence-corrected chi connectivity index (χ1v) is 16.6. The van der Waals surface area contributed by atoms with E-state index in [-0.39, 0.29) is 0 Å². The number of aryl methyl sites for hydroxylation is 1. The Labute approximate surface area is 282 Å². The van der Waals surface area contributed by atoms with Gasteiger partial charge < -0.3 is 4.40 Å². The SMILES string of the molecule is C=C/C=c1/c2cccc3c2c2c(cccc2n2c1c(C)c1ccccc12)n3-c1nc2ccccc2nc1-c1cccc(-c2ccccc2)c1. The summed E-state index contributed by atoms with van der Waals surface area (Å²) < 4.78 is 4.78. The third-order valence-electron chi connectivity index (χ3n) is 10.0. The number of benzene rings is 6. The third-order valence-corrected chi connectivity index (χ3v) is 10.0. The first kappa shape index (κ1) is 27.6. The molecule has 4 heterocycles. The first-order chi connectivity index (χ1) is 24.2. The van der Waals surface area contributed by atoms with Crippen LogP contribution in [0.1, 0.15) is 5.56 Å². The van der Waals surface area contributed by atoms with Crippen molar-refractivity contribution in [3.05, 3.63) is 163 Å². The van der Waals surface area contributed by atoms with Crippen LogP contribution in [0.15, 0.2) is 152 Å². The van der Waals surface area contributed by atoms with Crippen molar-refractivity contribution in [2.24, 2.45) is 0 Å². The van der Waals surface area contributed by atoms with Crippen LogP contribution in [-0.4, -0.2) is 18.9 Å². The maximum absolute atomic E-state index is 5.42. The number of hydrogen-bond acceptors (Lipinski definition) is 2. The van der Waals surface area contributed by atoms with Crippen LogP contribution in [0, 0.1) is 6.92 Å². The van der Waals surface area contributed by atoms with Crippen LogP contribution in [0.4, 0.5) is 0 Å². The molecule has 10 aromatic rings. The minimum absolute atomic E-state index is 0.807. The number of aromatic nitrogens is 4. The summed E-state index contributed by atoms with van der Waals surface area (Å²) in [6.07, 6.45) is 4.07. The van der Waals surface area contributed by atoms with Crippen LogP contribution >= 0.6 is 0 Å². The third kappa shape index (κ3) is 3.92. The molecule has 6 aromatic carbocycles. The highest BCUT2D eigenvalue weighted by Crippen LogP contribution is 2.41. The second-order valence-electron chi connectivity index (χ2n) is 12.7. The van der Waals surface area contributed by atoms with E-state index < -0.39 is 0 Å². The van der Waals surface area contributed by atoms with Crippen LogP contribution in [0.2, 0.25) is 0 Å². The Morgan fingerprint density at radius 2 is 1.16 bits per heavy atom. The van der Waals surface area contributed by atoms with Crippen molar-refractivity contribution in [1.29, 1.82) is 0 Å². The Morgan fingerprint density at radius 3 is 2.00 bits per heavy atom. The lowest BCUT2D eigenvalue weighted by molar-refractivity contribution is 1.08. The molecule has 0 spiro atoms. The monoisotopic (exact) mass is 626 g/mol. The average molecular weight is 627 g/mol. The second-order valence-corrected chi connectivity index (χ2v) is 12.7. The van der Waals surface area contributed by atoms with Gasteiger partial charge in [-0.2, -0.15) is 0 Å². The molecule has 0 unspecified atom stereocenters. The zero-order valence-corrected chi connectivity index (χ0v) is 26.9. The van der Waals surface area contributed by atoms with Crippen molar-refractivity contribution in [1.82, 2.24) is 18.9 Å². The lowest BCUT2D eigenvalue weighted by Crippen LogP contribution is -2.06. The van der Waals surface area contributed by atoms with E-state index in [0.29, 0.717) is 0 Å². The van der Waals surface area contributed by atoms with Gasteiger partial charge in [0.1, 0.15) is 5.69 Å². The van der Waals surface area contributed by atoms with Crippen LogP contribution in [0.25, 0.3) is 94.4 Å². The molecule has 0 aliphatic rings. The van der Waals surface area contributed by atoms with E-state index >= 15 is 0 Å². The molecule has 0 N–H and O–H groups in total. The summed E-state index contributed by atoms with van der Waals surface area (Å²) >= 11 is 0.